The largest absolute Gasteiger partial charge is 0.507 e. The summed E-state index contributed by atoms with van der Waals surface area (Å²) in [4.78, 5) is 32.1. The number of anilines is 1. The number of aliphatic hydroxyl groups is 1. The van der Waals surface area contributed by atoms with Crippen molar-refractivity contribution in [2.75, 3.05) is 18.1 Å². The smallest absolute Gasteiger partial charge is 0.301 e. The van der Waals surface area contributed by atoms with Crippen LogP contribution < -0.4 is 14.4 Å². The van der Waals surface area contributed by atoms with Gasteiger partial charge in [0.15, 0.2) is 15.8 Å². The molecule has 4 aromatic rings. The van der Waals surface area contributed by atoms with E-state index in [9.17, 15) is 14.7 Å². The van der Waals surface area contributed by atoms with E-state index >= 15 is 0 Å². The molecule has 0 bridgehead atoms. The molecule has 0 aliphatic carbocycles. The molecular weight excluding hydrogens is 536 g/mol. The van der Waals surface area contributed by atoms with Crippen LogP contribution in [0.3, 0.4) is 0 Å². The molecule has 1 amide bonds. The molecule has 1 fully saturated rings. The van der Waals surface area contributed by atoms with Crippen LogP contribution in [0, 0.1) is 6.92 Å². The molecule has 2 aromatic heterocycles. The summed E-state index contributed by atoms with van der Waals surface area (Å²) in [5.41, 5.74) is 3.21. The monoisotopic (exact) mass is 558 g/mol. The number of hydrogen-bond donors (Lipinski definition) is 1. The molecule has 0 radical (unpaired) electrons. The van der Waals surface area contributed by atoms with Gasteiger partial charge in [-0.05, 0) is 48.4 Å². The van der Waals surface area contributed by atoms with Gasteiger partial charge in [0.25, 0.3) is 5.78 Å². The first kappa shape index (κ1) is 25.1. The summed E-state index contributed by atoms with van der Waals surface area (Å²) in [6.07, 6.45) is 3.14. The maximum atomic E-state index is 13.4. The molecule has 39 heavy (non-hydrogen) atoms. The Hall–Kier alpha value is -4.22. The summed E-state index contributed by atoms with van der Waals surface area (Å²) in [6, 6.07) is 15.6. The number of aliphatic hydroxyl groups excluding tert-OH is 1. The van der Waals surface area contributed by atoms with E-state index in [2.05, 4.69) is 39.4 Å². The SMILES string of the molecule is Cc1ccc(CSc2nnc(N3C(=O)C(=O)/C(=C(/O)c4ccc5c(c4)OCCO5)C3c3ccncc3)s2)cc1. The highest BCUT2D eigenvalue weighted by Crippen LogP contribution is 2.44. The van der Waals surface area contributed by atoms with Crippen LogP contribution in [-0.2, 0) is 15.3 Å². The Morgan fingerprint density at radius 1 is 1.03 bits per heavy atom. The Labute approximate surface area is 232 Å². The van der Waals surface area contributed by atoms with Crippen LogP contribution in [0.1, 0.15) is 28.3 Å². The lowest BCUT2D eigenvalue weighted by Gasteiger charge is -2.22. The average Bonchev–Trinajstić information content (AvgIpc) is 3.54. The zero-order valence-corrected chi connectivity index (χ0v) is 22.4. The first-order valence-corrected chi connectivity index (χ1v) is 13.9. The van der Waals surface area contributed by atoms with Crippen molar-refractivity contribution in [2.24, 2.45) is 0 Å². The zero-order chi connectivity index (χ0) is 26.9. The highest BCUT2D eigenvalue weighted by atomic mass is 32.2. The predicted octanol–water partition coefficient (Wildman–Crippen LogP) is 4.93. The van der Waals surface area contributed by atoms with Crippen LogP contribution in [0.5, 0.6) is 11.5 Å². The molecule has 1 saturated heterocycles. The lowest BCUT2D eigenvalue weighted by Crippen LogP contribution is -2.29. The third-order valence-electron chi connectivity index (χ3n) is 6.37. The van der Waals surface area contributed by atoms with Crippen LogP contribution in [-0.4, -0.2) is 45.2 Å². The number of carbonyl (C=O) groups excluding carboxylic acids is 2. The number of nitrogens with zero attached hydrogens (tertiary/aromatic N) is 4. The molecule has 2 aromatic carbocycles. The number of thioether (sulfide) groups is 1. The molecule has 9 nitrogen and oxygen atoms in total. The molecule has 6 rings (SSSR count). The topological polar surface area (TPSA) is 115 Å². The lowest BCUT2D eigenvalue weighted by molar-refractivity contribution is -0.132. The molecule has 1 unspecified atom stereocenters. The van der Waals surface area contributed by atoms with Gasteiger partial charge in [0, 0.05) is 23.7 Å². The maximum Gasteiger partial charge on any atom is 0.301 e. The van der Waals surface area contributed by atoms with E-state index in [1.54, 1.807) is 42.7 Å². The standard InChI is InChI=1S/C28H22N4O5S2/c1-16-2-4-17(5-3-16)15-38-28-31-30-27(39-28)32-23(18-8-10-29-11-9-18)22(25(34)26(32)35)24(33)19-6-7-20-21(14-19)37-13-12-36-20/h2-11,14,23,33H,12-13,15H2,1H3/b24-22+. The van der Waals surface area contributed by atoms with Crippen molar-refractivity contribution in [3.05, 3.63) is 94.8 Å². The fraction of sp³-hybridized carbons (Fsp3) is 0.179. The van der Waals surface area contributed by atoms with Gasteiger partial charge in [-0.1, -0.05) is 52.9 Å². The summed E-state index contributed by atoms with van der Waals surface area (Å²) >= 11 is 2.72. The molecule has 196 valence electrons. The second-order valence-corrected chi connectivity index (χ2v) is 11.1. The molecule has 4 heterocycles. The van der Waals surface area contributed by atoms with Crippen molar-refractivity contribution >= 4 is 45.7 Å². The molecule has 1 N–H and O–H groups in total. The van der Waals surface area contributed by atoms with E-state index < -0.39 is 17.7 Å². The number of amides is 1. The molecule has 2 aliphatic rings. The minimum absolute atomic E-state index is 0.0491. The minimum atomic E-state index is -0.913. The molecule has 11 heteroatoms. The number of pyridine rings is 1. The fourth-order valence-corrected chi connectivity index (χ4v) is 6.25. The Morgan fingerprint density at radius 3 is 2.54 bits per heavy atom. The summed E-state index contributed by atoms with van der Waals surface area (Å²) in [7, 11) is 0. The van der Waals surface area contributed by atoms with Gasteiger partial charge in [0.1, 0.15) is 19.0 Å². The Balaban J connectivity index is 1.36. The zero-order valence-electron chi connectivity index (χ0n) is 20.7. The first-order chi connectivity index (χ1) is 19.0. The number of rotatable bonds is 6. The van der Waals surface area contributed by atoms with Crippen LogP contribution >= 0.6 is 23.1 Å². The number of benzene rings is 2. The second-order valence-electron chi connectivity index (χ2n) is 8.93. The van der Waals surface area contributed by atoms with E-state index in [-0.39, 0.29) is 16.5 Å². The van der Waals surface area contributed by atoms with Gasteiger partial charge in [0.2, 0.25) is 5.13 Å². The van der Waals surface area contributed by atoms with E-state index in [1.807, 2.05) is 6.92 Å². The van der Waals surface area contributed by atoms with E-state index in [0.29, 0.717) is 45.9 Å². The van der Waals surface area contributed by atoms with Crippen molar-refractivity contribution in [3.8, 4) is 11.5 Å². The van der Waals surface area contributed by atoms with E-state index in [4.69, 9.17) is 9.47 Å². The fourth-order valence-electron chi connectivity index (χ4n) is 4.42. The van der Waals surface area contributed by atoms with Gasteiger partial charge in [0.05, 0.1) is 11.6 Å². The number of hydrogen-bond acceptors (Lipinski definition) is 10. The van der Waals surface area contributed by atoms with Crippen LogP contribution in [0.15, 0.2) is 76.9 Å². The third-order valence-corrected chi connectivity index (χ3v) is 8.49. The van der Waals surface area contributed by atoms with Crippen LogP contribution in [0.4, 0.5) is 5.13 Å². The van der Waals surface area contributed by atoms with Crippen molar-refractivity contribution in [3.63, 3.8) is 0 Å². The van der Waals surface area contributed by atoms with Gasteiger partial charge in [-0.15, -0.1) is 10.2 Å². The predicted molar refractivity (Wildman–Crippen MR) is 147 cm³/mol. The molecular formula is C28H22N4O5S2. The number of aryl methyl sites for hydroxylation is 1. The lowest BCUT2D eigenvalue weighted by atomic mass is 9.96. The highest BCUT2D eigenvalue weighted by molar-refractivity contribution is 8.00. The highest BCUT2D eigenvalue weighted by Gasteiger charge is 2.48. The number of ketones is 1. The summed E-state index contributed by atoms with van der Waals surface area (Å²) < 4.78 is 11.9. The van der Waals surface area contributed by atoms with Gasteiger partial charge in [-0.3, -0.25) is 19.5 Å². The quantitative estimate of drug-likeness (QED) is 0.116. The van der Waals surface area contributed by atoms with Crippen molar-refractivity contribution in [2.45, 2.75) is 23.1 Å². The first-order valence-electron chi connectivity index (χ1n) is 12.1. The van der Waals surface area contributed by atoms with Gasteiger partial charge < -0.3 is 14.6 Å². The van der Waals surface area contributed by atoms with Crippen molar-refractivity contribution in [1.29, 1.82) is 0 Å². The molecule has 0 spiro atoms. The number of fused-ring (bicyclic) bond motifs is 1. The molecule has 0 saturated carbocycles. The molecule has 2 aliphatic heterocycles. The van der Waals surface area contributed by atoms with E-state index in [1.165, 1.54) is 33.6 Å². The number of aromatic nitrogens is 3. The number of carbonyl (C=O) groups is 2. The van der Waals surface area contributed by atoms with E-state index in [0.717, 1.165) is 5.56 Å². The summed E-state index contributed by atoms with van der Waals surface area (Å²) in [6.45, 7) is 2.84. The maximum absolute atomic E-state index is 13.4. The third kappa shape index (κ3) is 4.86. The number of Topliss-reactive ketones (excluding diaryl/α,β-unsaturated/α-hetero) is 1. The summed E-state index contributed by atoms with van der Waals surface area (Å²) in [5, 5.41) is 20.2. The number of ether oxygens (including phenoxy) is 2. The van der Waals surface area contributed by atoms with Crippen molar-refractivity contribution in [1.82, 2.24) is 15.2 Å². The average molecular weight is 559 g/mol. The Morgan fingerprint density at radius 2 is 1.77 bits per heavy atom. The van der Waals surface area contributed by atoms with Crippen molar-refractivity contribution < 1.29 is 24.2 Å². The normalized spacial score (nSPS) is 18.0. The second kappa shape index (κ2) is 10.5. The van der Waals surface area contributed by atoms with Crippen LogP contribution in [0.2, 0.25) is 0 Å². The Bertz CT molecular complexity index is 1590. The minimum Gasteiger partial charge on any atom is -0.507 e. The summed E-state index contributed by atoms with van der Waals surface area (Å²) in [5.74, 6) is -0.220. The van der Waals surface area contributed by atoms with Gasteiger partial charge in [-0.25, -0.2) is 0 Å². The molecule has 1 atom stereocenters. The van der Waals surface area contributed by atoms with Crippen LogP contribution in [0.25, 0.3) is 5.76 Å². The van der Waals surface area contributed by atoms with Gasteiger partial charge >= 0.3 is 5.91 Å². The Kier molecular flexibility index (Phi) is 6.76. The van der Waals surface area contributed by atoms with Gasteiger partial charge in [-0.2, -0.15) is 0 Å².